The Labute approximate surface area is 158 Å². The first kappa shape index (κ1) is 20.7. The van der Waals surface area contributed by atoms with Crippen LogP contribution in [0.2, 0.25) is 0 Å². The second-order valence-electron chi connectivity index (χ2n) is 5.99. The highest BCUT2D eigenvalue weighted by molar-refractivity contribution is 5.97. The molecular weight excluding hydrogens is 375 g/mol. The van der Waals surface area contributed by atoms with Crippen molar-refractivity contribution in [2.24, 2.45) is 0 Å². The maximum Gasteiger partial charge on any atom is 0.417 e. The standard InChI is InChI=1S/C19H14F3N3O3/c1-18(27,11-28-15-7-5-13(24-2)6-8-15)17(26)25-14-4-3-12(10-23)16(9-14)19(20,21)22/h3-9,27H,11H2,1H3,(H,25,26)/t18-/m0/s1. The summed E-state index contributed by atoms with van der Waals surface area (Å²) in [4.78, 5) is 15.5. The lowest BCUT2D eigenvalue weighted by molar-refractivity contribution is -0.138. The largest absolute Gasteiger partial charge is 0.490 e. The molecule has 6 nitrogen and oxygen atoms in total. The summed E-state index contributed by atoms with van der Waals surface area (Å²) in [7, 11) is 0. The highest BCUT2D eigenvalue weighted by Gasteiger charge is 2.35. The first-order valence-corrected chi connectivity index (χ1v) is 7.82. The molecule has 0 aromatic heterocycles. The van der Waals surface area contributed by atoms with Crippen LogP contribution in [0.15, 0.2) is 42.5 Å². The van der Waals surface area contributed by atoms with Gasteiger partial charge < -0.3 is 15.2 Å². The molecule has 0 radical (unpaired) electrons. The van der Waals surface area contributed by atoms with Gasteiger partial charge in [-0.25, -0.2) is 4.85 Å². The molecule has 0 fully saturated rings. The number of nitriles is 1. The quantitative estimate of drug-likeness (QED) is 0.760. The minimum Gasteiger partial charge on any atom is -0.490 e. The minimum absolute atomic E-state index is 0.224. The zero-order valence-electron chi connectivity index (χ0n) is 14.5. The van der Waals surface area contributed by atoms with Gasteiger partial charge in [-0.1, -0.05) is 12.1 Å². The first-order valence-electron chi connectivity index (χ1n) is 7.82. The number of benzene rings is 2. The highest BCUT2D eigenvalue weighted by Crippen LogP contribution is 2.33. The van der Waals surface area contributed by atoms with E-state index in [1.165, 1.54) is 30.3 Å². The lowest BCUT2D eigenvalue weighted by atomic mass is 10.1. The Balaban J connectivity index is 2.10. The molecule has 144 valence electrons. The van der Waals surface area contributed by atoms with Crippen molar-refractivity contribution in [3.05, 3.63) is 65.0 Å². The summed E-state index contributed by atoms with van der Waals surface area (Å²) in [5.74, 6) is -0.679. The van der Waals surface area contributed by atoms with Gasteiger partial charge in [0.25, 0.3) is 5.91 Å². The Morgan fingerprint density at radius 3 is 2.46 bits per heavy atom. The van der Waals surface area contributed by atoms with Gasteiger partial charge in [-0.05, 0) is 37.3 Å². The fourth-order valence-corrected chi connectivity index (χ4v) is 2.13. The third-order valence-electron chi connectivity index (χ3n) is 3.68. The molecule has 28 heavy (non-hydrogen) atoms. The van der Waals surface area contributed by atoms with Crippen LogP contribution in [-0.4, -0.2) is 23.2 Å². The van der Waals surface area contributed by atoms with E-state index in [0.29, 0.717) is 17.5 Å². The number of rotatable bonds is 5. The van der Waals surface area contributed by atoms with Crippen molar-refractivity contribution >= 4 is 17.3 Å². The van der Waals surface area contributed by atoms with Crippen LogP contribution in [0.1, 0.15) is 18.1 Å². The molecular formula is C19H14F3N3O3. The number of aliphatic hydroxyl groups is 1. The minimum atomic E-state index is -4.77. The zero-order chi connectivity index (χ0) is 20.9. The summed E-state index contributed by atoms with van der Waals surface area (Å²) in [6.07, 6.45) is -4.77. The molecule has 1 amide bonds. The number of nitrogens with one attached hydrogen (secondary N) is 1. The van der Waals surface area contributed by atoms with Crippen LogP contribution in [0.4, 0.5) is 24.5 Å². The van der Waals surface area contributed by atoms with Gasteiger partial charge in [0.2, 0.25) is 0 Å². The number of halogens is 3. The summed E-state index contributed by atoms with van der Waals surface area (Å²) in [6.45, 7) is 7.53. The summed E-state index contributed by atoms with van der Waals surface area (Å²) in [6, 6.07) is 10.1. The van der Waals surface area contributed by atoms with Crippen molar-refractivity contribution in [2.45, 2.75) is 18.7 Å². The Morgan fingerprint density at radius 2 is 1.93 bits per heavy atom. The van der Waals surface area contributed by atoms with Crippen molar-refractivity contribution in [3.63, 3.8) is 0 Å². The third-order valence-corrected chi connectivity index (χ3v) is 3.68. The van der Waals surface area contributed by atoms with Crippen LogP contribution in [-0.2, 0) is 11.0 Å². The average Bonchev–Trinajstić information content (AvgIpc) is 2.66. The van der Waals surface area contributed by atoms with Gasteiger partial charge in [-0.2, -0.15) is 18.4 Å². The Hall–Kier alpha value is -3.56. The Kier molecular flexibility index (Phi) is 5.92. The maximum atomic E-state index is 13.0. The number of nitrogens with zero attached hydrogens (tertiary/aromatic N) is 2. The molecule has 2 rings (SSSR count). The topological polar surface area (TPSA) is 86.7 Å². The van der Waals surface area contributed by atoms with Crippen LogP contribution in [0.5, 0.6) is 5.75 Å². The van der Waals surface area contributed by atoms with Gasteiger partial charge in [0.05, 0.1) is 23.8 Å². The van der Waals surface area contributed by atoms with Crippen molar-refractivity contribution < 1.29 is 27.8 Å². The average molecular weight is 389 g/mol. The SMILES string of the molecule is [C-]#[N+]c1ccc(OC[C@](C)(O)C(=O)Nc2ccc(C#N)c(C(F)(F)F)c2)cc1. The van der Waals surface area contributed by atoms with Crippen molar-refractivity contribution in [2.75, 3.05) is 11.9 Å². The van der Waals surface area contributed by atoms with Crippen molar-refractivity contribution in [3.8, 4) is 11.8 Å². The van der Waals surface area contributed by atoms with E-state index in [4.69, 9.17) is 16.6 Å². The summed E-state index contributed by atoms with van der Waals surface area (Å²) in [5.41, 5.74) is -3.66. The zero-order valence-corrected chi connectivity index (χ0v) is 14.5. The van der Waals surface area contributed by atoms with Gasteiger partial charge in [0.15, 0.2) is 11.3 Å². The molecule has 0 heterocycles. The molecule has 0 aliphatic rings. The fourth-order valence-electron chi connectivity index (χ4n) is 2.13. The molecule has 0 bridgehead atoms. The Bertz CT molecular complexity index is 956. The second-order valence-corrected chi connectivity index (χ2v) is 5.99. The predicted molar refractivity (Wildman–Crippen MR) is 93.6 cm³/mol. The van der Waals surface area contributed by atoms with Gasteiger partial charge in [0, 0.05) is 5.69 Å². The summed E-state index contributed by atoms with van der Waals surface area (Å²) < 4.78 is 44.3. The number of alkyl halides is 3. The molecule has 1 atom stereocenters. The van der Waals surface area contributed by atoms with Gasteiger partial charge in [-0.15, -0.1) is 0 Å². The number of ether oxygens (including phenoxy) is 1. The number of carbonyl (C=O) groups excluding carboxylic acids is 1. The molecule has 0 saturated heterocycles. The van der Waals surface area contributed by atoms with E-state index in [-0.39, 0.29) is 5.69 Å². The van der Waals surface area contributed by atoms with Crippen molar-refractivity contribution in [1.82, 2.24) is 0 Å². The number of hydrogen-bond acceptors (Lipinski definition) is 4. The molecule has 0 aliphatic carbocycles. The van der Waals surface area contributed by atoms with E-state index < -0.39 is 35.4 Å². The summed E-state index contributed by atoms with van der Waals surface area (Å²) >= 11 is 0. The van der Waals surface area contributed by atoms with E-state index in [9.17, 15) is 23.1 Å². The molecule has 2 aromatic carbocycles. The number of hydrogen-bond donors (Lipinski definition) is 2. The van der Waals surface area contributed by atoms with E-state index in [1.807, 2.05) is 0 Å². The van der Waals surface area contributed by atoms with Gasteiger partial charge in [0.1, 0.15) is 12.4 Å². The maximum absolute atomic E-state index is 13.0. The highest BCUT2D eigenvalue weighted by atomic mass is 19.4. The number of carbonyl (C=O) groups is 1. The lowest BCUT2D eigenvalue weighted by Gasteiger charge is -2.23. The third kappa shape index (κ3) is 5.00. The van der Waals surface area contributed by atoms with E-state index in [2.05, 4.69) is 10.2 Å². The smallest absolute Gasteiger partial charge is 0.417 e. The molecule has 0 saturated carbocycles. The number of anilines is 1. The lowest BCUT2D eigenvalue weighted by Crippen LogP contribution is -2.45. The van der Waals surface area contributed by atoms with Crippen LogP contribution >= 0.6 is 0 Å². The van der Waals surface area contributed by atoms with Crippen molar-refractivity contribution in [1.29, 1.82) is 5.26 Å². The van der Waals surface area contributed by atoms with Crippen LogP contribution in [0, 0.1) is 17.9 Å². The Morgan fingerprint density at radius 1 is 1.29 bits per heavy atom. The van der Waals surface area contributed by atoms with Crippen LogP contribution in [0.3, 0.4) is 0 Å². The normalized spacial score (nSPS) is 13.0. The van der Waals surface area contributed by atoms with Crippen LogP contribution < -0.4 is 10.1 Å². The second kappa shape index (κ2) is 7.99. The fraction of sp³-hybridized carbons (Fsp3) is 0.211. The molecule has 0 aliphatic heterocycles. The van der Waals surface area contributed by atoms with Gasteiger partial charge in [-0.3, -0.25) is 4.79 Å². The molecule has 2 aromatic rings. The number of amides is 1. The first-order chi connectivity index (χ1) is 13.1. The molecule has 0 unspecified atom stereocenters. The van der Waals surface area contributed by atoms with E-state index in [1.54, 1.807) is 0 Å². The van der Waals surface area contributed by atoms with Gasteiger partial charge >= 0.3 is 6.18 Å². The molecule has 0 spiro atoms. The predicted octanol–water partition coefficient (Wildman–Crippen LogP) is 3.90. The monoisotopic (exact) mass is 389 g/mol. The summed E-state index contributed by atoms with van der Waals surface area (Å²) in [5, 5.41) is 21.2. The molecule has 2 N–H and O–H groups in total. The van der Waals surface area contributed by atoms with Crippen LogP contribution in [0.25, 0.3) is 4.85 Å². The van der Waals surface area contributed by atoms with E-state index in [0.717, 1.165) is 19.1 Å². The molecule has 9 heteroatoms. The van der Waals surface area contributed by atoms with E-state index >= 15 is 0 Å².